The van der Waals surface area contributed by atoms with Crippen LogP contribution in [0.25, 0.3) is 0 Å². The van der Waals surface area contributed by atoms with Crippen molar-refractivity contribution in [1.29, 1.82) is 0 Å². The standard InChI is InChI=1S/C18H21FN4O.HI/c1-23(2)18(20-12-14-7-4-3-5-8-14)21-13-17(24)22-16-10-6-9-15(19)11-16;/h3-11H,12-13H2,1-2H3,(H,20,21)(H,22,24);1H. The normalized spacial score (nSPS) is 10.6. The maximum absolute atomic E-state index is 13.1. The number of nitrogens with zero attached hydrogens (tertiary/aromatic N) is 2. The summed E-state index contributed by atoms with van der Waals surface area (Å²) in [6, 6.07) is 15.6. The summed E-state index contributed by atoms with van der Waals surface area (Å²) in [6.07, 6.45) is 0. The van der Waals surface area contributed by atoms with Crippen molar-refractivity contribution in [2.24, 2.45) is 4.99 Å². The van der Waals surface area contributed by atoms with Crippen LogP contribution >= 0.6 is 24.0 Å². The number of rotatable bonds is 5. The van der Waals surface area contributed by atoms with E-state index < -0.39 is 0 Å². The van der Waals surface area contributed by atoms with E-state index in [1.807, 2.05) is 44.4 Å². The van der Waals surface area contributed by atoms with E-state index in [-0.39, 0.29) is 42.2 Å². The van der Waals surface area contributed by atoms with Crippen LogP contribution in [-0.4, -0.2) is 37.4 Å². The topological polar surface area (TPSA) is 56.7 Å². The molecule has 0 heterocycles. The molecule has 0 spiro atoms. The van der Waals surface area contributed by atoms with E-state index >= 15 is 0 Å². The molecule has 0 saturated carbocycles. The first-order valence-corrected chi connectivity index (χ1v) is 7.59. The smallest absolute Gasteiger partial charge is 0.243 e. The Morgan fingerprint density at radius 2 is 1.84 bits per heavy atom. The van der Waals surface area contributed by atoms with E-state index in [2.05, 4.69) is 15.6 Å². The molecule has 0 aliphatic heterocycles. The Kier molecular flexibility index (Phi) is 8.90. The molecule has 1 amide bonds. The van der Waals surface area contributed by atoms with E-state index in [0.717, 1.165) is 5.56 Å². The molecule has 134 valence electrons. The fourth-order valence-corrected chi connectivity index (χ4v) is 2.04. The van der Waals surface area contributed by atoms with Crippen LogP contribution in [-0.2, 0) is 11.3 Å². The predicted octanol–water partition coefficient (Wildman–Crippen LogP) is 3.09. The van der Waals surface area contributed by atoms with Crippen molar-refractivity contribution in [3.63, 3.8) is 0 Å². The van der Waals surface area contributed by atoms with Crippen molar-refractivity contribution in [3.8, 4) is 0 Å². The van der Waals surface area contributed by atoms with Gasteiger partial charge < -0.3 is 15.5 Å². The molecular formula is C18H22FIN4O. The largest absolute Gasteiger partial charge is 0.349 e. The highest BCUT2D eigenvalue weighted by Crippen LogP contribution is 2.08. The lowest BCUT2D eigenvalue weighted by atomic mass is 10.2. The highest BCUT2D eigenvalue weighted by Gasteiger charge is 2.07. The number of hydrogen-bond acceptors (Lipinski definition) is 2. The van der Waals surface area contributed by atoms with Crippen LogP contribution in [0.4, 0.5) is 10.1 Å². The number of hydrogen-bond donors (Lipinski definition) is 2. The lowest BCUT2D eigenvalue weighted by molar-refractivity contribution is -0.115. The Morgan fingerprint density at radius 1 is 1.12 bits per heavy atom. The zero-order valence-electron chi connectivity index (χ0n) is 14.2. The van der Waals surface area contributed by atoms with Crippen molar-refractivity contribution in [2.75, 3.05) is 26.0 Å². The van der Waals surface area contributed by atoms with Gasteiger partial charge in [-0.1, -0.05) is 36.4 Å². The molecule has 5 nitrogen and oxygen atoms in total. The third-order valence-electron chi connectivity index (χ3n) is 3.19. The summed E-state index contributed by atoms with van der Waals surface area (Å²) in [4.78, 5) is 18.2. The number of carbonyl (C=O) groups excluding carboxylic acids is 1. The fraction of sp³-hybridized carbons (Fsp3) is 0.222. The summed E-state index contributed by atoms with van der Waals surface area (Å²) in [6.45, 7) is 0.565. The predicted molar refractivity (Wildman–Crippen MR) is 110 cm³/mol. The molecular weight excluding hydrogens is 434 g/mol. The lowest BCUT2D eigenvalue weighted by Gasteiger charge is -2.17. The van der Waals surface area contributed by atoms with Crippen molar-refractivity contribution >= 4 is 41.5 Å². The van der Waals surface area contributed by atoms with Gasteiger partial charge >= 0.3 is 0 Å². The second kappa shape index (κ2) is 10.7. The molecule has 0 aliphatic rings. The van der Waals surface area contributed by atoms with Crippen LogP contribution in [0.15, 0.2) is 59.6 Å². The van der Waals surface area contributed by atoms with Gasteiger partial charge in [0.15, 0.2) is 5.96 Å². The minimum atomic E-state index is -0.390. The first-order valence-electron chi connectivity index (χ1n) is 7.59. The van der Waals surface area contributed by atoms with Gasteiger partial charge in [-0.25, -0.2) is 9.38 Å². The van der Waals surface area contributed by atoms with Crippen LogP contribution in [0, 0.1) is 5.82 Å². The highest BCUT2D eigenvalue weighted by molar-refractivity contribution is 14.0. The maximum Gasteiger partial charge on any atom is 0.243 e. The number of anilines is 1. The third-order valence-corrected chi connectivity index (χ3v) is 3.19. The van der Waals surface area contributed by atoms with Gasteiger partial charge in [-0.2, -0.15) is 0 Å². The molecule has 0 atom stereocenters. The molecule has 0 fully saturated rings. The summed E-state index contributed by atoms with van der Waals surface area (Å²) in [7, 11) is 3.70. The van der Waals surface area contributed by atoms with E-state index in [9.17, 15) is 9.18 Å². The Bertz CT molecular complexity index is 707. The molecule has 2 aromatic carbocycles. The average Bonchev–Trinajstić information content (AvgIpc) is 2.55. The molecule has 0 aliphatic carbocycles. The quantitative estimate of drug-likeness (QED) is 0.413. The van der Waals surface area contributed by atoms with Gasteiger partial charge in [0, 0.05) is 19.8 Å². The molecule has 2 aromatic rings. The molecule has 7 heteroatoms. The molecule has 0 unspecified atom stereocenters. The summed E-state index contributed by atoms with van der Waals surface area (Å²) in [5, 5.41) is 5.63. The van der Waals surface area contributed by atoms with Crippen LogP contribution in [0.3, 0.4) is 0 Å². The monoisotopic (exact) mass is 456 g/mol. The maximum atomic E-state index is 13.1. The highest BCUT2D eigenvalue weighted by atomic mass is 127. The minimum absolute atomic E-state index is 0. The van der Waals surface area contributed by atoms with Crippen molar-refractivity contribution in [2.45, 2.75) is 6.54 Å². The number of aliphatic imine (C=N–C) groups is 1. The number of carbonyl (C=O) groups is 1. The molecule has 0 aromatic heterocycles. The zero-order valence-corrected chi connectivity index (χ0v) is 16.5. The number of benzene rings is 2. The minimum Gasteiger partial charge on any atom is -0.349 e. The summed E-state index contributed by atoms with van der Waals surface area (Å²) in [5.41, 5.74) is 1.51. The summed E-state index contributed by atoms with van der Waals surface area (Å²) < 4.78 is 13.1. The first kappa shape index (κ1) is 20.9. The van der Waals surface area contributed by atoms with Crippen molar-refractivity contribution in [3.05, 3.63) is 66.0 Å². The number of halogens is 2. The van der Waals surface area contributed by atoms with Crippen LogP contribution in [0.1, 0.15) is 5.56 Å². The van der Waals surface area contributed by atoms with E-state index in [0.29, 0.717) is 18.2 Å². The van der Waals surface area contributed by atoms with Crippen LogP contribution < -0.4 is 10.6 Å². The van der Waals surface area contributed by atoms with E-state index in [1.165, 1.54) is 12.1 Å². The van der Waals surface area contributed by atoms with Crippen LogP contribution in [0.2, 0.25) is 0 Å². The zero-order chi connectivity index (χ0) is 17.4. The van der Waals surface area contributed by atoms with Gasteiger partial charge in [-0.3, -0.25) is 4.79 Å². The SMILES string of the molecule is CN(C)C(=NCc1ccccc1)NCC(=O)Nc1cccc(F)c1.I. The van der Waals surface area contributed by atoms with Gasteiger partial charge in [0.05, 0.1) is 13.1 Å². The number of nitrogens with one attached hydrogen (secondary N) is 2. The first-order chi connectivity index (χ1) is 11.5. The number of guanidine groups is 1. The van der Waals surface area contributed by atoms with Gasteiger partial charge in [0.2, 0.25) is 5.91 Å². The van der Waals surface area contributed by atoms with E-state index in [1.54, 1.807) is 17.0 Å². The number of amides is 1. The Hall–Kier alpha value is -2.16. The average molecular weight is 456 g/mol. The third kappa shape index (κ3) is 7.51. The van der Waals surface area contributed by atoms with Gasteiger partial charge in [-0.05, 0) is 23.8 Å². The van der Waals surface area contributed by atoms with Crippen LogP contribution in [0.5, 0.6) is 0 Å². The molecule has 0 saturated heterocycles. The molecule has 0 bridgehead atoms. The summed E-state index contributed by atoms with van der Waals surface area (Å²) in [5.74, 6) is -0.0535. The molecule has 0 radical (unpaired) electrons. The Morgan fingerprint density at radius 3 is 2.48 bits per heavy atom. The van der Waals surface area contributed by atoms with Gasteiger partial charge in [0.1, 0.15) is 5.82 Å². The molecule has 2 rings (SSSR count). The Labute approximate surface area is 164 Å². The van der Waals surface area contributed by atoms with E-state index in [4.69, 9.17) is 0 Å². The lowest BCUT2D eigenvalue weighted by Crippen LogP contribution is -2.40. The van der Waals surface area contributed by atoms with Gasteiger partial charge in [0.25, 0.3) is 0 Å². The van der Waals surface area contributed by atoms with Gasteiger partial charge in [-0.15, -0.1) is 24.0 Å². The summed E-state index contributed by atoms with van der Waals surface area (Å²) >= 11 is 0. The second-order valence-corrected chi connectivity index (χ2v) is 5.43. The van der Waals surface area contributed by atoms with Crippen molar-refractivity contribution in [1.82, 2.24) is 10.2 Å². The fourth-order valence-electron chi connectivity index (χ4n) is 2.04. The van der Waals surface area contributed by atoms with Crippen molar-refractivity contribution < 1.29 is 9.18 Å². The molecule has 25 heavy (non-hydrogen) atoms. The second-order valence-electron chi connectivity index (χ2n) is 5.43. The Balaban J connectivity index is 0.00000312. The molecule has 2 N–H and O–H groups in total.